The van der Waals surface area contributed by atoms with Gasteiger partial charge in [-0.3, -0.25) is 9.97 Å². The van der Waals surface area contributed by atoms with Crippen molar-refractivity contribution in [3.8, 4) is 22.5 Å². The quantitative estimate of drug-likeness (QED) is 0.165. The molecule has 1 radical (unpaired) electrons. The number of thiophene rings is 1. The first-order chi connectivity index (χ1) is 24.4. The van der Waals surface area contributed by atoms with E-state index in [1.807, 2.05) is 24.7 Å². The van der Waals surface area contributed by atoms with Crippen molar-refractivity contribution < 1.29 is 20.1 Å². The van der Waals surface area contributed by atoms with E-state index in [1.165, 1.54) is 54.4 Å². The van der Waals surface area contributed by atoms with Gasteiger partial charge in [0.05, 0.1) is 0 Å². The normalized spacial score (nSPS) is 11.4. The molecule has 4 aromatic heterocycles. The standard InChI is InChI=1S/C32H27N2S.C15H16N.Ir/c1-20-13-28-27(18-25-10-12-35-31(25)30(28)34-19-20)29-16-22(9-11-33-29)14-21-5-6-24-17-26(32(2,3)4)8-7-23(24)15-21;1-10-5-6-14(7-11(10)2)15-8-12(3)13(4)9-16-15;/h5-13,15-17,19H,14H2,1-4H3;5,7-9H,1-4H3;/q2*-1;. The predicted molar refractivity (Wildman–Crippen MR) is 217 cm³/mol. The minimum atomic E-state index is 0. The van der Waals surface area contributed by atoms with E-state index in [9.17, 15) is 0 Å². The Bertz CT molecular complexity index is 2510. The third kappa shape index (κ3) is 7.93. The molecule has 8 rings (SSSR count). The van der Waals surface area contributed by atoms with Gasteiger partial charge in [0.1, 0.15) is 0 Å². The monoisotopic (exact) mass is 874 g/mol. The summed E-state index contributed by atoms with van der Waals surface area (Å²) in [5, 5.41) is 6.91. The number of hydrogen-bond acceptors (Lipinski definition) is 4. The van der Waals surface area contributed by atoms with Crippen LogP contribution in [0.2, 0.25) is 0 Å². The van der Waals surface area contributed by atoms with Gasteiger partial charge in [-0.25, -0.2) is 0 Å². The summed E-state index contributed by atoms with van der Waals surface area (Å²) in [6.07, 6.45) is 6.65. The Hall–Kier alpha value is -4.54. The maximum Gasteiger partial charge on any atom is 0.0283 e. The number of aryl methyl sites for hydroxylation is 5. The molecule has 8 aromatic rings. The Morgan fingerprint density at radius 1 is 0.673 bits per heavy atom. The van der Waals surface area contributed by atoms with Crippen molar-refractivity contribution in [3.63, 3.8) is 0 Å². The van der Waals surface area contributed by atoms with Crippen molar-refractivity contribution in [1.82, 2.24) is 15.0 Å². The van der Waals surface area contributed by atoms with E-state index in [4.69, 9.17) is 9.97 Å². The third-order valence-corrected chi connectivity index (χ3v) is 10.7. The van der Waals surface area contributed by atoms with Crippen molar-refractivity contribution in [1.29, 1.82) is 0 Å². The Morgan fingerprint density at radius 3 is 2.19 bits per heavy atom. The molecule has 0 unspecified atom stereocenters. The van der Waals surface area contributed by atoms with E-state index in [-0.39, 0.29) is 25.5 Å². The Labute approximate surface area is 325 Å². The summed E-state index contributed by atoms with van der Waals surface area (Å²) < 4.78 is 1.19. The van der Waals surface area contributed by atoms with Crippen molar-refractivity contribution in [3.05, 3.63) is 159 Å². The first-order valence-corrected chi connectivity index (χ1v) is 18.4. The third-order valence-electron chi connectivity index (χ3n) is 9.77. The Balaban J connectivity index is 0.000000230. The number of fused-ring (bicyclic) bond motifs is 4. The van der Waals surface area contributed by atoms with Gasteiger partial charge in [0.25, 0.3) is 0 Å². The smallest absolute Gasteiger partial charge is 0.0283 e. The van der Waals surface area contributed by atoms with Gasteiger partial charge < -0.3 is 4.98 Å². The van der Waals surface area contributed by atoms with Crippen LogP contribution in [0.4, 0.5) is 0 Å². The minimum Gasteiger partial charge on any atom is -0.304 e. The summed E-state index contributed by atoms with van der Waals surface area (Å²) in [5.41, 5.74) is 15.4. The Kier molecular flexibility index (Phi) is 10.9. The summed E-state index contributed by atoms with van der Waals surface area (Å²) >= 11 is 1.72. The van der Waals surface area contributed by atoms with Gasteiger partial charge >= 0.3 is 0 Å². The molecule has 0 saturated carbocycles. The average molecular weight is 874 g/mol. The maximum absolute atomic E-state index is 4.77. The van der Waals surface area contributed by atoms with Gasteiger partial charge in [0.2, 0.25) is 0 Å². The number of nitrogens with zero attached hydrogens (tertiary/aromatic N) is 3. The van der Waals surface area contributed by atoms with Gasteiger partial charge in [0, 0.05) is 49.9 Å². The number of hydrogen-bond donors (Lipinski definition) is 0. The molecular formula is C47H43IrN3S-2. The molecule has 263 valence electrons. The van der Waals surface area contributed by atoms with Crippen molar-refractivity contribution in [2.24, 2.45) is 0 Å². The van der Waals surface area contributed by atoms with Gasteiger partial charge in [-0.1, -0.05) is 106 Å². The van der Waals surface area contributed by atoms with Crippen LogP contribution in [0.25, 0.3) is 54.3 Å². The van der Waals surface area contributed by atoms with Crippen LogP contribution >= 0.6 is 11.3 Å². The molecule has 52 heavy (non-hydrogen) atoms. The molecule has 0 amide bonds. The topological polar surface area (TPSA) is 38.7 Å². The molecule has 3 nitrogen and oxygen atoms in total. The number of aromatic nitrogens is 3. The largest absolute Gasteiger partial charge is 0.304 e. The molecule has 4 heterocycles. The van der Waals surface area contributed by atoms with Gasteiger partial charge in [-0.15, -0.1) is 52.4 Å². The van der Waals surface area contributed by atoms with Crippen molar-refractivity contribution >= 4 is 43.1 Å². The molecule has 0 aliphatic heterocycles. The summed E-state index contributed by atoms with van der Waals surface area (Å²) in [6, 6.07) is 35.5. The predicted octanol–water partition coefficient (Wildman–Crippen LogP) is 12.4. The summed E-state index contributed by atoms with van der Waals surface area (Å²) in [4.78, 5) is 14.0. The van der Waals surface area contributed by atoms with Crippen LogP contribution in [0.1, 0.15) is 65.3 Å². The molecule has 0 atom stereocenters. The molecule has 0 aliphatic carbocycles. The molecule has 0 fully saturated rings. The molecular weight excluding hydrogens is 831 g/mol. The second-order valence-corrected chi connectivity index (χ2v) is 15.7. The minimum absolute atomic E-state index is 0. The molecule has 0 bridgehead atoms. The number of rotatable bonds is 4. The molecule has 0 spiro atoms. The van der Waals surface area contributed by atoms with Crippen LogP contribution in [0.3, 0.4) is 0 Å². The zero-order valence-electron chi connectivity index (χ0n) is 31.1. The van der Waals surface area contributed by atoms with Crippen LogP contribution < -0.4 is 0 Å². The zero-order valence-corrected chi connectivity index (χ0v) is 34.3. The second-order valence-electron chi connectivity index (χ2n) is 14.8. The summed E-state index contributed by atoms with van der Waals surface area (Å²) in [6.45, 7) is 17.3. The molecule has 5 heteroatoms. The summed E-state index contributed by atoms with van der Waals surface area (Å²) in [7, 11) is 0. The number of benzene rings is 4. The average Bonchev–Trinajstić information content (AvgIpc) is 3.59. The van der Waals surface area contributed by atoms with Gasteiger partial charge in [-0.05, 0) is 93.0 Å². The molecule has 0 saturated heterocycles. The van der Waals surface area contributed by atoms with Crippen LogP contribution in [0.5, 0.6) is 0 Å². The van der Waals surface area contributed by atoms with Crippen LogP contribution in [0, 0.1) is 46.8 Å². The van der Waals surface area contributed by atoms with E-state index in [2.05, 4.69) is 151 Å². The van der Waals surface area contributed by atoms with Gasteiger partial charge in [-0.2, -0.15) is 11.3 Å². The van der Waals surface area contributed by atoms with Gasteiger partial charge in [0.15, 0.2) is 0 Å². The molecule has 0 aliphatic rings. The van der Waals surface area contributed by atoms with Crippen LogP contribution in [-0.2, 0) is 31.9 Å². The summed E-state index contributed by atoms with van der Waals surface area (Å²) in [5.74, 6) is 0. The second kappa shape index (κ2) is 15.2. The first kappa shape index (κ1) is 37.2. The number of pyridine rings is 3. The van der Waals surface area contributed by atoms with Crippen LogP contribution in [0.15, 0.2) is 103 Å². The van der Waals surface area contributed by atoms with Crippen molar-refractivity contribution in [2.45, 2.75) is 67.2 Å². The van der Waals surface area contributed by atoms with Crippen LogP contribution in [-0.4, -0.2) is 15.0 Å². The van der Waals surface area contributed by atoms with Crippen molar-refractivity contribution in [2.75, 3.05) is 0 Å². The molecule has 4 aromatic carbocycles. The maximum atomic E-state index is 4.77. The molecule has 0 N–H and O–H groups in total. The fraction of sp³-hybridized carbons (Fsp3) is 0.213. The van der Waals surface area contributed by atoms with E-state index >= 15 is 0 Å². The fourth-order valence-electron chi connectivity index (χ4n) is 6.36. The Morgan fingerprint density at radius 2 is 1.42 bits per heavy atom. The van der Waals surface area contributed by atoms with E-state index in [1.54, 1.807) is 11.3 Å². The van der Waals surface area contributed by atoms with E-state index in [0.717, 1.165) is 50.8 Å². The van der Waals surface area contributed by atoms with E-state index < -0.39 is 0 Å². The fourth-order valence-corrected chi connectivity index (χ4v) is 7.22. The first-order valence-electron chi connectivity index (χ1n) is 17.5. The van der Waals surface area contributed by atoms with E-state index in [0.29, 0.717) is 0 Å². The SMILES string of the molecule is Cc1c[c-]c(-c2cc(C)c(C)cn2)cc1C.Cc1cnc2c(c1)c(-c1cc(Cc3ccc4cc(C(C)(C)C)ccc4c3)ccn1)[c-]c1ccsc12.[Ir]. The zero-order chi connectivity index (χ0) is 35.9.